The fourth-order valence-corrected chi connectivity index (χ4v) is 7.03. The van der Waals surface area contributed by atoms with Crippen LogP contribution in [0.15, 0.2) is 78.9 Å². The molecular weight excluding hydrogens is 558 g/mol. The molecule has 3 aromatic carbocycles. The zero-order chi connectivity index (χ0) is 29.4. The Kier molecular flexibility index (Phi) is 7.66. The van der Waals surface area contributed by atoms with E-state index in [4.69, 9.17) is 21.1 Å². The van der Waals surface area contributed by atoms with E-state index in [1.807, 2.05) is 25.1 Å². The molecule has 3 heterocycles. The van der Waals surface area contributed by atoms with Gasteiger partial charge in [0.1, 0.15) is 17.4 Å². The van der Waals surface area contributed by atoms with Crippen molar-refractivity contribution in [2.24, 2.45) is 11.8 Å². The second-order valence-electron chi connectivity index (χ2n) is 10.8. The van der Waals surface area contributed by atoms with Crippen molar-refractivity contribution in [2.75, 3.05) is 23.8 Å². The number of amides is 3. The third kappa shape index (κ3) is 4.71. The summed E-state index contributed by atoms with van der Waals surface area (Å²) in [5.41, 5.74) is 0.392. The number of rotatable bonds is 9. The van der Waals surface area contributed by atoms with Crippen molar-refractivity contribution in [2.45, 2.75) is 43.6 Å². The van der Waals surface area contributed by atoms with Crippen LogP contribution in [0.25, 0.3) is 0 Å². The van der Waals surface area contributed by atoms with Gasteiger partial charge in [0, 0.05) is 5.69 Å². The van der Waals surface area contributed by atoms with E-state index in [-0.39, 0.29) is 5.91 Å². The molecule has 3 aromatic rings. The van der Waals surface area contributed by atoms with E-state index >= 15 is 0 Å². The summed E-state index contributed by atoms with van der Waals surface area (Å²) >= 11 is 6.36. The van der Waals surface area contributed by atoms with Crippen LogP contribution in [0.2, 0.25) is 5.02 Å². The Hall–Kier alpha value is -3.92. The molecule has 10 heteroatoms. The summed E-state index contributed by atoms with van der Waals surface area (Å²) in [7, 11) is 0. The third-order valence-corrected chi connectivity index (χ3v) is 8.88. The molecule has 0 aliphatic carbocycles. The highest BCUT2D eigenvalue weighted by Gasteiger charge is 2.75. The summed E-state index contributed by atoms with van der Waals surface area (Å²) in [6, 6.07) is 21.0. The average molecular weight is 590 g/mol. The van der Waals surface area contributed by atoms with E-state index in [0.29, 0.717) is 47.2 Å². The van der Waals surface area contributed by atoms with Crippen molar-refractivity contribution in [1.82, 2.24) is 4.90 Å². The summed E-state index contributed by atoms with van der Waals surface area (Å²) in [5, 5.41) is 16.7. The summed E-state index contributed by atoms with van der Waals surface area (Å²) in [6.07, 6.45) is 0.415. The molecule has 42 heavy (non-hydrogen) atoms. The van der Waals surface area contributed by atoms with Gasteiger partial charge in [0.15, 0.2) is 0 Å². The van der Waals surface area contributed by atoms with Crippen molar-refractivity contribution >= 4 is 40.7 Å². The van der Waals surface area contributed by atoms with E-state index in [1.54, 1.807) is 60.7 Å². The monoisotopic (exact) mass is 589 g/mol. The van der Waals surface area contributed by atoms with Gasteiger partial charge < -0.3 is 30.1 Å². The molecule has 9 nitrogen and oxygen atoms in total. The minimum absolute atomic E-state index is 0.349. The number of carbonyl (C=O) groups is 3. The molecule has 3 saturated heterocycles. The topological polar surface area (TPSA) is 117 Å². The Bertz CT molecular complexity index is 1490. The molecule has 0 aromatic heterocycles. The Morgan fingerprint density at radius 1 is 1.05 bits per heavy atom. The number of para-hydroxylation sites is 1. The number of hydrogen-bond acceptors (Lipinski definition) is 6. The standard InChI is InChI=1S/C32H32ClN3O6/c1-2-41-21-14-12-20(13-15-21)34-29(38)26-25-16-17-32(42-25)27(26)31(40)36(24(18-37)19-8-4-3-5-9-19)28(32)30(39)35-23-11-7-6-10-22(23)33/h3-15,24-28,37H,2,16-18H2,1H3,(H,34,38)(H,35,39)/t24-,25-,26+,27+,28?,32?/m1/s1. The normalized spacial score (nSPS) is 26.5. The number of ether oxygens (including phenoxy) is 2. The van der Waals surface area contributed by atoms with Crippen LogP contribution >= 0.6 is 11.6 Å². The SMILES string of the molecule is CCOc1ccc(NC(=O)[C@@H]2[C@H]3C(=O)N([C@H](CO)c4ccccc4)C(C(=O)Nc4ccccc4Cl)C34CC[C@H]2O4)cc1. The maximum absolute atomic E-state index is 14.4. The van der Waals surface area contributed by atoms with E-state index in [0.717, 1.165) is 0 Å². The van der Waals surface area contributed by atoms with E-state index in [2.05, 4.69) is 10.6 Å². The van der Waals surface area contributed by atoms with Crippen LogP contribution in [0.3, 0.4) is 0 Å². The van der Waals surface area contributed by atoms with Gasteiger partial charge in [0.25, 0.3) is 0 Å². The van der Waals surface area contributed by atoms with E-state index in [9.17, 15) is 19.5 Å². The third-order valence-electron chi connectivity index (χ3n) is 8.55. The quantitative estimate of drug-likeness (QED) is 0.340. The van der Waals surface area contributed by atoms with Gasteiger partial charge in [-0.1, -0.05) is 54.1 Å². The minimum atomic E-state index is -1.24. The number of carbonyl (C=O) groups excluding carboxylic acids is 3. The van der Waals surface area contributed by atoms with Crippen molar-refractivity contribution < 1.29 is 29.0 Å². The molecular formula is C32H32ClN3O6. The first-order valence-electron chi connectivity index (χ1n) is 14.1. The smallest absolute Gasteiger partial charge is 0.250 e. The van der Waals surface area contributed by atoms with Gasteiger partial charge in [0.2, 0.25) is 17.7 Å². The second-order valence-corrected chi connectivity index (χ2v) is 11.2. The number of benzene rings is 3. The zero-order valence-electron chi connectivity index (χ0n) is 23.0. The first-order valence-corrected chi connectivity index (χ1v) is 14.5. The van der Waals surface area contributed by atoms with Crippen molar-refractivity contribution in [3.63, 3.8) is 0 Å². The predicted octanol–water partition coefficient (Wildman–Crippen LogP) is 4.42. The maximum Gasteiger partial charge on any atom is 0.250 e. The molecule has 6 rings (SSSR count). The number of aliphatic hydroxyl groups excluding tert-OH is 1. The maximum atomic E-state index is 14.4. The number of fused-ring (bicyclic) bond motifs is 1. The number of hydrogen-bond donors (Lipinski definition) is 3. The highest BCUT2D eigenvalue weighted by Crippen LogP contribution is 2.60. The molecule has 0 saturated carbocycles. The number of nitrogens with one attached hydrogen (secondary N) is 2. The van der Waals surface area contributed by atoms with Gasteiger partial charge in [-0.05, 0) is 61.7 Å². The largest absolute Gasteiger partial charge is 0.494 e. The van der Waals surface area contributed by atoms with Gasteiger partial charge in [0.05, 0.1) is 47.9 Å². The number of nitrogens with zero attached hydrogens (tertiary/aromatic N) is 1. The zero-order valence-corrected chi connectivity index (χ0v) is 23.8. The summed E-state index contributed by atoms with van der Waals surface area (Å²) in [6.45, 7) is 2.00. The summed E-state index contributed by atoms with van der Waals surface area (Å²) in [5.74, 6) is -2.26. The van der Waals surface area contributed by atoms with Crippen molar-refractivity contribution in [3.8, 4) is 5.75 Å². The van der Waals surface area contributed by atoms with Crippen LogP contribution in [0.5, 0.6) is 5.75 Å². The Balaban J connectivity index is 1.36. The fourth-order valence-electron chi connectivity index (χ4n) is 6.85. The van der Waals surface area contributed by atoms with E-state index < -0.39 is 54.0 Å². The minimum Gasteiger partial charge on any atom is -0.494 e. The number of likely N-dealkylation sites (tertiary alicyclic amines) is 1. The number of halogens is 1. The van der Waals surface area contributed by atoms with Crippen LogP contribution in [0.1, 0.15) is 31.4 Å². The van der Waals surface area contributed by atoms with Crippen LogP contribution in [-0.2, 0) is 19.1 Å². The molecule has 3 amide bonds. The summed E-state index contributed by atoms with van der Waals surface area (Å²) < 4.78 is 12.0. The molecule has 6 atom stereocenters. The highest BCUT2D eigenvalue weighted by molar-refractivity contribution is 6.33. The molecule has 2 unspecified atom stereocenters. The molecule has 2 bridgehead atoms. The Labute approximate surface area is 248 Å². The Morgan fingerprint density at radius 2 is 1.76 bits per heavy atom. The van der Waals surface area contributed by atoms with Crippen LogP contribution in [0.4, 0.5) is 11.4 Å². The van der Waals surface area contributed by atoms with Gasteiger partial charge >= 0.3 is 0 Å². The average Bonchev–Trinajstić information content (AvgIpc) is 3.64. The highest BCUT2D eigenvalue weighted by atomic mass is 35.5. The van der Waals surface area contributed by atoms with Gasteiger partial charge in [-0.25, -0.2) is 0 Å². The molecule has 3 aliphatic rings. The molecule has 3 aliphatic heterocycles. The lowest BCUT2D eigenvalue weighted by molar-refractivity contribution is -0.143. The number of aliphatic hydroxyl groups is 1. The Morgan fingerprint density at radius 3 is 2.45 bits per heavy atom. The van der Waals surface area contributed by atoms with E-state index in [1.165, 1.54) is 4.90 Å². The lowest BCUT2D eigenvalue weighted by Crippen LogP contribution is -2.54. The van der Waals surface area contributed by atoms with Gasteiger partial charge in [-0.15, -0.1) is 0 Å². The van der Waals surface area contributed by atoms with Crippen LogP contribution in [0, 0.1) is 11.8 Å². The molecule has 3 fully saturated rings. The molecule has 218 valence electrons. The predicted molar refractivity (Wildman–Crippen MR) is 157 cm³/mol. The van der Waals surface area contributed by atoms with Crippen LogP contribution < -0.4 is 15.4 Å². The molecule has 0 radical (unpaired) electrons. The summed E-state index contributed by atoms with van der Waals surface area (Å²) in [4.78, 5) is 43.7. The second kappa shape index (κ2) is 11.4. The first-order chi connectivity index (χ1) is 20.4. The van der Waals surface area contributed by atoms with Crippen molar-refractivity contribution in [1.29, 1.82) is 0 Å². The molecule has 1 spiro atoms. The number of anilines is 2. The lowest BCUT2D eigenvalue weighted by Gasteiger charge is -2.36. The van der Waals surface area contributed by atoms with Crippen LogP contribution in [-0.4, -0.2) is 58.7 Å². The van der Waals surface area contributed by atoms with Crippen molar-refractivity contribution in [3.05, 3.63) is 89.4 Å². The van der Waals surface area contributed by atoms with Gasteiger partial charge in [-0.2, -0.15) is 0 Å². The van der Waals surface area contributed by atoms with Gasteiger partial charge in [-0.3, -0.25) is 14.4 Å². The molecule has 3 N–H and O–H groups in total. The lowest BCUT2D eigenvalue weighted by atomic mass is 9.70. The first kappa shape index (κ1) is 28.2. The fraction of sp³-hybridized carbons (Fsp3) is 0.344.